The Kier molecular flexibility index (Phi) is 39.1. The average molecular weight is 1620 g/mol. The number of hydrogen-bond donors (Lipinski definition) is 0. The van der Waals surface area contributed by atoms with Gasteiger partial charge in [-0.2, -0.15) is 0 Å². The largest absolute Gasteiger partial charge is 0.287 e. The maximum absolute atomic E-state index is 11.2. The molecule has 10 rings (SSSR count). The minimum atomic E-state index is -0.430. The lowest BCUT2D eigenvalue weighted by atomic mass is 10.0. The van der Waals surface area contributed by atoms with Crippen LogP contribution in [0.3, 0.4) is 0 Å². The van der Waals surface area contributed by atoms with Gasteiger partial charge in [0.25, 0.3) is 11.4 Å². The highest BCUT2D eigenvalue weighted by atomic mass is 127. The van der Waals surface area contributed by atoms with Crippen molar-refractivity contribution >= 4 is 102 Å². The van der Waals surface area contributed by atoms with Crippen LogP contribution in [0.1, 0.15) is 134 Å². The first-order valence-corrected chi connectivity index (χ1v) is 37.2. The molecule has 0 amide bonds. The lowest BCUT2D eigenvalue weighted by molar-refractivity contribution is -0.385. The quantitative estimate of drug-likeness (QED) is 0.0104. The van der Waals surface area contributed by atoms with Gasteiger partial charge >= 0.3 is 0 Å². The Balaban J connectivity index is 0.000000249. The number of hydrogen-bond acceptors (Lipinski definition) is 10. The molecular formula is C84H82I2N8O6S2. The topological polar surface area (TPSA) is 218 Å². The number of azide groups is 2. The van der Waals surface area contributed by atoms with Crippen molar-refractivity contribution in [3.05, 3.63) is 358 Å². The van der Waals surface area contributed by atoms with E-state index in [2.05, 4.69) is 214 Å². The third-order valence-electron chi connectivity index (χ3n) is 15.0. The van der Waals surface area contributed by atoms with Crippen molar-refractivity contribution in [2.75, 3.05) is 0 Å². The van der Waals surface area contributed by atoms with E-state index in [4.69, 9.17) is 11.1 Å². The van der Waals surface area contributed by atoms with Crippen LogP contribution in [0.15, 0.2) is 263 Å². The fraction of sp³-hybridized carbons (Fsp3) is 0.214. The maximum Gasteiger partial charge on any atom is 0.269 e. The molecule has 0 heterocycles. The van der Waals surface area contributed by atoms with Crippen molar-refractivity contribution in [3.8, 4) is 23.7 Å². The van der Waals surface area contributed by atoms with E-state index in [9.17, 15) is 29.8 Å². The van der Waals surface area contributed by atoms with Crippen LogP contribution in [-0.4, -0.2) is 20.1 Å². The minimum absolute atomic E-state index is 0.0732. The van der Waals surface area contributed by atoms with Gasteiger partial charge in [0.05, 0.1) is 9.85 Å². The smallest absolute Gasteiger partial charge is 0.269 e. The summed E-state index contributed by atoms with van der Waals surface area (Å²) in [5.41, 5.74) is 31.6. The van der Waals surface area contributed by atoms with E-state index in [1.807, 2.05) is 72.8 Å². The number of nitro benzene ring substituents is 2. The average Bonchev–Trinajstić information content (AvgIpc) is 0.909. The lowest BCUT2D eigenvalue weighted by Crippen LogP contribution is -1.93. The highest BCUT2D eigenvalue weighted by Gasteiger charge is 2.08. The minimum Gasteiger partial charge on any atom is -0.287 e. The monoisotopic (exact) mass is 1620 g/mol. The number of carbonyl (C=O) groups excluding carboxylic acids is 2. The van der Waals surface area contributed by atoms with E-state index in [0.717, 1.165) is 94.5 Å². The standard InChI is InChI=1S/C34H26O2S2.C14H12I2.C14H12N6.C14H12N2O4.2C4H10/c1-25(35)37-33-21-17-31(18-22-33)15-13-29-9-5-27(6-10-29)3-4-28-7-11-30(12-8-28)14-16-32-19-23-34(24-20-32)38-26(2)36;15-13-7-3-11(4-8-13)1-2-12-5-9-14(16)10-6-12;15-19-17-13-7-3-11(4-8-13)1-2-12-5-9-14(10-6-12)18-20-16;17-15(18)13-7-3-11(4-8-13)1-2-12-5-9-14(10-6-12)16(19)20;2*1-3-4-2/h5-12,17-24H,3-4H2,1-2H3;3-10H,1-2H2;2*3-10H,1-2H2;2*3-4H2,1-2H3. The van der Waals surface area contributed by atoms with Crippen LogP contribution in [0.2, 0.25) is 0 Å². The lowest BCUT2D eigenvalue weighted by Gasteiger charge is -2.03. The molecule has 10 aromatic rings. The molecule has 10 aromatic carbocycles. The molecule has 0 N–H and O–H groups in total. The van der Waals surface area contributed by atoms with E-state index in [0.29, 0.717) is 11.4 Å². The van der Waals surface area contributed by atoms with Crippen LogP contribution in [-0.2, 0) is 61.0 Å². The summed E-state index contributed by atoms with van der Waals surface area (Å²) in [6.07, 6.45) is 12.7. The fourth-order valence-electron chi connectivity index (χ4n) is 8.93. The number of non-ortho nitro benzene ring substituents is 2. The number of rotatable bonds is 20. The third-order valence-corrected chi connectivity index (χ3v) is 18.0. The van der Waals surface area contributed by atoms with Crippen molar-refractivity contribution in [3.63, 3.8) is 0 Å². The van der Waals surface area contributed by atoms with Gasteiger partial charge in [-0.3, -0.25) is 29.8 Å². The van der Waals surface area contributed by atoms with Gasteiger partial charge in [-0.1, -0.05) is 232 Å². The first-order chi connectivity index (χ1) is 49.4. The summed E-state index contributed by atoms with van der Waals surface area (Å²) in [5.74, 6) is 12.8. The summed E-state index contributed by atoms with van der Waals surface area (Å²) in [7, 11) is 0. The van der Waals surface area contributed by atoms with Crippen molar-refractivity contribution < 1.29 is 19.4 Å². The van der Waals surface area contributed by atoms with Gasteiger partial charge in [-0.05, 0) is 249 Å². The summed E-state index contributed by atoms with van der Waals surface area (Å²) >= 11 is 7.13. The Labute approximate surface area is 635 Å². The number of halogens is 2. The van der Waals surface area contributed by atoms with Crippen molar-refractivity contribution in [1.82, 2.24) is 0 Å². The zero-order valence-corrected chi connectivity index (χ0v) is 64.1. The van der Waals surface area contributed by atoms with Crippen LogP contribution < -0.4 is 0 Å². The Bertz CT molecular complexity index is 4050. The zero-order chi connectivity index (χ0) is 73.7. The maximum atomic E-state index is 11.2. The SMILES string of the molecule is CC(=O)Sc1ccc(C#Cc2ccc(CCc3ccc(C#Cc4ccc(SC(C)=O)cc4)cc3)cc2)cc1.CCCC.CCCC.Ic1ccc(CCc2ccc(I)cc2)cc1.O=[N+]([O-])c1ccc(CCc2ccc([N+](=O)[O-])cc2)cc1.[N-]=[N+]=Nc1ccc(CCc2ccc(N=[N+]=[N-])cc2)cc1. The Morgan fingerprint density at radius 3 is 0.745 bits per heavy atom. The first-order valence-electron chi connectivity index (χ1n) is 33.4. The number of nitrogens with zero attached hydrogens (tertiary/aromatic N) is 8. The summed E-state index contributed by atoms with van der Waals surface area (Å²) in [4.78, 5) is 49.9. The van der Waals surface area contributed by atoms with Crippen LogP contribution in [0, 0.1) is 51.1 Å². The number of thioether (sulfide) groups is 2. The number of benzene rings is 10. The Morgan fingerprint density at radius 1 is 0.353 bits per heavy atom. The van der Waals surface area contributed by atoms with Crippen molar-refractivity contribution in [2.45, 2.75) is 128 Å². The molecular weight excluding hydrogens is 1530 g/mol. The van der Waals surface area contributed by atoms with Crippen LogP contribution >= 0.6 is 68.7 Å². The zero-order valence-electron chi connectivity index (χ0n) is 58.2. The van der Waals surface area contributed by atoms with E-state index < -0.39 is 9.85 Å². The van der Waals surface area contributed by atoms with Crippen LogP contribution in [0.5, 0.6) is 0 Å². The molecule has 0 spiro atoms. The number of nitro groups is 2. The summed E-state index contributed by atoms with van der Waals surface area (Å²) in [5, 5.41) is 28.3. The molecule has 14 nitrogen and oxygen atoms in total. The van der Waals surface area contributed by atoms with Crippen LogP contribution in [0.4, 0.5) is 22.7 Å². The fourth-order valence-corrected chi connectivity index (χ4v) is 10.9. The molecule has 0 aliphatic rings. The second-order valence-electron chi connectivity index (χ2n) is 22.9. The van der Waals surface area contributed by atoms with E-state index in [1.54, 1.807) is 62.4 Å². The van der Waals surface area contributed by atoms with Gasteiger partial charge in [0.2, 0.25) is 0 Å². The molecule has 18 heteroatoms. The second kappa shape index (κ2) is 48.1. The van der Waals surface area contributed by atoms with E-state index >= 15 is 0 Å². The van der Waals surface area contributed by atoms with Crippen LogP contribution in [0.25, 0.3) is 20.9 Å². The number of aryl methyl sites for hydroxylation is 8. The molecule has 0 aliphatic carbocycles. The molecule has 0 unspecified atom stereocenters. The molecule has 0 aromatic heterocycles. The molecule has 520 valence electrons. The second-order valence-corrected chi connectivity index (χ2v) is 27.9. The highest BCUT2D eigenvalue weighted by molar-refractivity contribution is 14.1. The molecule has 0 bridgehead atoms. The molecule has 0 radical (unpaired) electrons. The predicted octanol–water partition coefficient (Wildman–Crippen LogP) is 24.5. The molecule has 0 atom stereocenters. The van der Waals surface area contributed by atoms with Gasteiger partial charge in [0.15, 0.2) is 10.2 Å². The molecule has 0 aliphatic heterocycles. The predicted molar refractivity (Wildman–Crippen MR) is 437 cm³/mol. The molecule has 102 heavy (non-hydrogen) atoms. The Hall–Kier alpha value is -9.76. The normalized spacial score (nSPS) is 9.80. The van der Waals surface area contributed by atoms with Gasteiger partial charge in [0.1, 0.15) is 0 Å². The van der Waals surface area contributed by atoms with Gasteiger partial charge in [0, 0.05) is 98.5 Å². The number of carbonyl (C=O) groups is 2. The summed E-state index contributed by atoms with van der Waals surface area (Å²) in [6.45, 7) is 11.9. The van der Waals surface area contributed by atoms with Gasteiger partial charge in [-0.15, -0.1) is 0 Å². The summed E-state index contributed by atoms with van der Waals surface area (Å²) in [6, 6.07) is 77.7. The van der Waals surface area contributed by atoms with E-state index in [-0.39, 0.29) is 21.6 Å². The molecule has 0 saturated heterocycles. The van der Waals surface area contributed by atoms with Crippen molar-refractivity contribution in [1.29, 1.82) is 0 Å². The Morgan fingerprint density at radius 2 is 0.549 bits per heavy atom. The third kappa shape index (κ3) is 34.5. The van der Waals surface area contributed by atoms with E-state index in [1.165, 1.54) is 114 Å². The van der Waals surface area contributed by atoms with Crippen molar-refractivity contribution in [2.24, 2.45) is 10.2 Å². The summed E-state index contributed by atoms with van der Waals surface area (Å²) < 4.78 is 2.60. The van der Waals surface area contributed by atoms with Gasteiger partial charge < -0.3 is 0 Å². The highest BCUT2D eigenvalue weighted by Crippen LogP contribution is 2.23. The van der Waals surface area contributed by atoms with Gasteiger partial charge in [-0.25, -0.2) is 0 Å². The molecule has 0 saturated carbocycles. The number of unbranched alkanes of at least 4 members (excludes halogenated alkanes) is 2. The molecule has 0 fully saturated rings. The first kappa shape index (κ1) is 82.9.